The van der Waals surface area contributed by atoms with Crippen molar-refractivity contribution in [2.24, 2.45) is 23.2 Å². The molecule has 3 heterocycles. The first-order valence-electron chi connectivity index (χ1n) is 14.5. The fraction of sp³-hybridized carbons (Fsp3) is 0.484. The summed E-state index contributed by atoms with van der Waals surface area (Å²) in [5, 5.41) is 0. The second-order valence-corrected chi connectivity index (χ2v) is 14.5. The highest BCUT2D eigenvalue weighted by Gasteiger charge is 2.59. The zero-order chi connectivity index (χ0) is 30.7. The van der Waals surface area contributed by atoms with E-state index in [4.69, 9.17) is 18.6 Å². The van der Waals surface area contributed by atoms with Crippen molar-refractivity contribution in [2.45, 2.75) is 76.5 Å². The summed E-state index contributed by atoms with van der Waals surface area (Å²) in [6.45, 7) is 7.10. The number of ketones is 1. The van der Waals surface area contributed by atoms with Gasteiger partial charge in [-0.3, -0.25) is 14.1 Å². The van der Waals surface area contributed by atoms with Gasteiger partial charge in [0.05, 0.1) is 10.3 Å². The summed E-state index contributed by atoms with van der Waals surface area (Å²) in [6.07, 6.45) is 3.03. The predicted octanol–water partition coefficient (Wildman–Crippen LogP) is 5.42. The largest absolute Gasteiger partial charge is 0.447 e. The molecule has 43 heavy (non-hydrogen) atoms. The van der Waals surface area contributed by atoms with Crippen molar-refractivity contribution in [1.29, 1.82) is 0 Å². The molecule has 6 bridgehead atoms. The summed E-state index contributed by atoms with van der Waals surface area (Å²) < 4.78 is 56.6. The van der Waals surface area contributed by atoms with Crippen LogP contribution in [0, 0.1) is 23.2 Å². The van der Waals surface area contributed by atoms with Gasteiger partial charge in [-0.05, 0) is 73.1 Å². The Hall–Kier alpha value is -3.77. The third-order valence-corrected chi connectivity index (χ3v) is 10.4. The molecule has 3 unspecified atom stereocenters. The van der Waals surface area contributed by atoms with E-state index in [0.717, 1.165) is 12.8 Å². The lowest BCUT2D eigenvalue weighted by atomic mass is 9.49. The molecule has 0 spiro atoms. The second kappa shape index (κ2) is 9.12. The Kier molecular flexibility index (Phi) is 5.94. The summed E-state index contributed by atoms with van der Waals surface area (Å²) in [4.78, 5) is 52.7. The molecule has 8 rings (SSSR count). The molecule has 1 aromatic carbocycles. The number of carbonyl (C=O) groups is 4. The maximum Gasteiger partial charge on any atom is 0.348 e. The number of benzene rings is 2. The molecule has 4 fully saturated rings. The van der Waals surface area contributed by atoms with Crippen molar-refractivity contribution < 1.29 is 50.8 Å². The van der Waals surface area contributed by atoms with E-state index in [2.05, 4.69) is 0 Å². The zero-order valence-corrected chi connectivity index (χ0v) is 24.8. The third kappa shape index (κ3) is 4.06. The average Bonchev–Trinajstić information content (AvgIpc) is 3.54. The van der Waals surface area contributed by atoms with Crippen LogP contribution < -0.4 is 14.2 Å². The molecule has 0 radical (unpaired) electrons. The standard InChI is InChI=1S/C31H30O11S/c1-12(2)18-7-17(43(36,37)38)8-19(13(3)4)23(18)40-28(33)21-20-24-26(41-29(20)34)27(25(21)39-24)42-30(35)31-9-14-5-15(10-31)22(32)16(6-14)11-31/h7-8,12-16H,5-6,9-11H2,1-4H3,(H,36,37,38)/t14?,15-,16?,31?/m1/s1. The molecule has 4 saturated carbocycles. The summed E-state index contributed by atoms with van der Waals surface area (Å²) in [6, 6.07) is 2.49. The number of ether oxygens (including phenoxy) is 3. The van der Waals surface area contributed by atoms with Gasteiger partial charge in [0, 0.05) is 11.8 Å². The minimum Gasteiger partial charge on any atom is -0.447 e. The van der Waals surface area contributed by atoms with Gasteiger partial charge in [0.25, 0.3) is 10.1 Å². The fourth-order valence-electron chi connectivity index (χ4n) is 7.79. The Morgan fingerprint density at radius 1 is 0.930 bits per heavy atom. The quantitative estimate of drug-likeness (QED) is 0.206. The number of Topliss-reactive ketones (excluding diaryl/α,β-unsaturated/α-hetero) is 1. The van der Waals surface area contributed by atoms with Crippen LogP contribution in [0.4, 0.5) is 0 Å². The molecule has 226 valence electrons. The van der Waals surface area contributed by atoms with E-state index in [1.54, 1.807) is 27.7 Å². The van der Waals surface area contributed by atoms with Gasteiger partial charge in [-0.1, -0.05) is 27.7 Å². The van der Waals surface area contributed by atoms with E-state index in [0.29, 0.717) is 30.4 Å². The summed E-state index contributed by atoms with van der Waals surface area (Å²) in [5.74, 6) is -2.95. The van der Waals surface area contributed by atoms with Crippen LogP contribution >= 0.6 is 0 Å². The first kappa shape index (κ1) is 28.0. The highest BCUT2D eigenvalue weighted by atomic mass is 32.2. The summed E-state index contributed by atoms with van der Waals surface area (Å²) >= 11 is 0. The van der Waals surface area contributed by atoms with Crippen LogP contribution in [0.5, 0.6) is 17.2 Å². The van der Waals surface area contributed by atoms with Crippen LogP contribution in [0.3, 0.4) is 0 Å². The maximum absolute atomic E-state index is 13.8. The third-order valence-electron chi connectivity index (χ3n) is 9.61. The van der Waals surface area contributed by atoms with E-state index in [9.17, 15) is 32.1 Å². The van der Waals surface area contributed by atoms with Crippen molar-refractivity contribution in [3.63, 3.8) is 0 Å². The number of rotatable bonds is 7. The molecule has 1 N–H and O–H groups in total. The smallest absolute Gasteiger partial charge is 0.348 e. The van der Waals surface area contributed by atoms with Crippen molar-refractivity contribution >= 4 is 45.0 Å². The molecule has 12 heteroatoms. The number of carbonyl (C=O) groups excluding carboxylic acids is 4. The molecule has 11 nitrogen and oxygen atoms in total. The number of hydrogen-bond acceptors (Lipinski definition) is 10. The molecule has 4 aliphatic carbocycles. The Balaban J connectivity index is 1.26. The van der Waals surface area contributed by atoms with Crippen molar-refractivity contribution in [3.8, 4) is 17.2 Å². The lowest BCUT2D eigenvalue weighted by Crippen LogP contribution is -2.55. The highest BCUT2D eigenvalue weighted by molar-refractivity contribution is 7.85. The molecule has 2 aromatic heterocycles. The number of furan rings is 2. The molecular formula is C31H30O11S. The van der Waals surface area contributed by atoms with Gasteiger partial charge in [0.15, 0.2) is 11.2 Å². The maximum atomic E-state index is 13.8. The van der Waals surface area contributed by atoms with Crippen LogP contribution in [0.1, 0.15) is 103 Å². The fourth-order valence-corrected chi connectivity index (χ4v) is 8.34. The van der Waals surface area contributed by atoms with Gasteiger partial charge < -0.3 is 18.6 Å². The molecule has 3 aromatic rings. The van der Waals surface area contributed by atoms with Crippen LogP contribution in [0.25, 0.3) is 11.2 Å². The van der Waals surface area contributed by atoms with Gasteiger partial charge in [0.1, 0.15) is 22.7 Å². The first-order valence-corrected chi connectivity index (χ1v) is 15.9. The Morgan fingerprint density at radius 2 is 1.53 bits per heavy atom. The van der Waals surface area contributed by atoms with E-state index < -0.39 is 33.4 Å². The van der Waals surface area contributed by atoms with Crippen LogP contribution in [0.2, 0.25) is 0 Å². The predicted molar refractivity (Wildman–Crippen MR) is 148 cm³/mol. The molecule has 4 atom stereocenters. The minimum absolute atomic E-state index is 0.0228. The van der Waals surface area contributed by atoms with E-state index in [1.807, 2.05) is 0 Å². The number of hydrogen-bond donors (Lipinski definition) is 1. The van der Waals surface area contributed by atoms with Crippen LogP contribution in [-0.4, -0.2) is 36.7 Å². The van der Waals surface area contributed by atoms with Crippen molar-refractivity contribution in [1.82, 2.24) is 0 Å². The molecule has 5 aliphatic rings. The van der Waals surface area contributed by atoms with Gasteiger partial charge in [-0.2, -0.15) is 8.42 Å². The summed E-state index contributed by atoms with van der Waals surface area (Å²) in [5.41, 5.74) is -0.689. The van der Waals surface area contributed by atoms with Crippen molar-refractivity contribution in [2.75, 3.05) is 0 Å². The number of esters is 3. The van der Waals surface area contributed by atoms with Gasteiger partial charge in [-0.25, -0.2) is 9.59 Å². The second-order valence-electron chi connectivity index (χ2n) is 13.1. The van der Waals surface area contributed by atoms with Crippen molar-refractivity contribution in [3.05, 3.63) is 34.4 Å². The average molecular weight is 611 g/mol. The van der Waals surface area contributed by atoms with E-state index in [-0.39, 0.29) is 79.8 Å². The minimum atomic E-state index is -4.55. The molecular weight excluding hydrogens is 580 g/mol. The molecule has 0 amide bonds. The van der Waals surface area contributed by atoms with Gasteiger partial charge in [-0.15, -0.1) is 0 Å². The Bertz CT molecular complexity index is 1810. The van der Waals surface area contributed by atoms with Crippen LogP contribution in [-0.2, 0) is 19.7 Å². The Morgan fingerprint density at radius 3 is 2.09 bits per heavy atom. The van der Waals surface area contributed by atoms with E-state index >= 15 is 0 Å². The highest BCUT2D eigenvalue weighted by Crippen LogP contribution is 2.60. The van der Waals surface area contributed by atoms with Crippen LogP contribution in [0.15, 0.2) is 21.4 Å². The lowest BCUT2D eigenvalue weighted by molar-refractivity contribution is -0.167. The number of fused-ring (bicyclic) bond motifs is 1. The molecule has 1 aliphatic heterocycles. The molecule has 0 saturated heterocycles. The normalized spacial score (nSPS) is 25.8. The SMILES string of the molecule is CC(C)c1cc(S(=O)(=O)O)cc(C(C)C)c1OC(=O)c1c2c3oc1c(OC(=O)C14CC5CC(C1)C(=O)[C@H](C5)C4)c3OC2=O. The summed E-state index contributed by atoms with van der Waals surface area (Å²) in [7, 11) is -4.55. The zero-order valence-electron chi connectivity index (χ0n) is 24.0. The van der Waals surface area contributed by atoms with E-state index in [1.165, 1.54) is 12.1 Å². The Labute approximate surface area is 246 Å². The lowest BCUT2D eigenvalue weighted by Gasteiger charge is -2.53. The topological polar surface area (TPSA) is 163 Å². The van der Waals surface area contributed by atoms with Gasteiger partial charge >= 0.3 is 17.9 Å². The monoisotopic (exact) mass is 610 g/mol. The first-order chi connectivity index (χ1) is 20.2. The van der Waals surface area contributed by atoms with Gasteiger partial charge in [0.2, 0.25) is 11.5 Å².